The van der Waals surface area contributed by atoms with E-state index in [1.54, 1.807) is 13.2 Å². The topological polar surface area (TPSA) is 144 Å². The molecular formula is C14H25N4O4. The zero-order valence-corrected chi connectivity index (χ0v) is 13.2. The van der Waals surface area contributed by atoms with Crippen molar-refractivity contribution in [2.45, 2.75) is 58.2 Å². The van der Waals surface area contributed by atoms with Crippen LogP contribution in [0.2, 0.25) is 0 Å². The van der Waals surface area contributed by atoms with E-state index < -0.39 is 35.8 Å². The van der Waals surface area contributed by atoms with Crippen LogP contribution in [-0.4, -0.2) is 42.1 Å². The van der Waals surface area contributed by atoms with E-state index in [2.05, 4.69) is 10.6 Å². The Morgan fingerprint density at radius 3 is 2.14 bits per heavy atom. The predicted molar refractivity (Wildman–Crippen MR) is 81.1 cm³/mol. The van der Waals surface area contributed by atoms with Gasteiger partial charge in [-0.25, -0.2) is 0 Å². The molecule has 0 aromatic heterocycles. The molecule has 4 atom stereocenters. The second kappa shape index (κ2) is 9.88. The minimum Gasteiger partial charge on any atom is -0.370 e. The maximum Gasteiger partial charge on any atom is 0.243 e. The molecule has 0 aliphatic heterocycles. The molecule has 0 saturated heterocycles. The van der Waals surface area contributed by atoms with E-state index in [9.17, 15) is 19.2 Å². The van der Waals surface area contributed by atoms with E-state index in [1.807, 2.05) is 6.92 Å². The average molecular weight is 313 g/mol. The normalized spacial score (nSPS) is 16.0. The molecule has 0 rings (SSSR count). The van der Waals surface area contributed by atoms with Crippen molar-refractivity contribution in [2.75, 3.05) is 0 Å². The average Bonchev–Trinajstić information content (AvgIpc) is 2.47. The van der Waals surface area contributed by atoms with Crippen molar-refractivity contribution < 1.29 is 19.2 Å². The fraction of sp³-hybridized carbons (Fsp3) is 0.714. The summed E-state index contributed by atoms with van der Waals surface area (Å²) in [4.78, 5) is 45.7. The van der Waals surface area contributed by atoms with Crippen LogP contribution < -0.4 is 22.1 Å². The molecule has 6 N–H and O–H groups in total. The minimum absolute atomic E-state index is 0.0334. The second-order valence-corrected chi connectivity index (χ2v) is 5.34. The summed E-state index contributed by atoms with van der Waals surface area (Å²) in [6.45, 7) is 5.15. The molecule has 3 amide bonds. The van der Waals surface area contributed by atoms with Crippen LogP contribution in [-0.2, 0) is 19.2 Å². The molecule has 0 aliphatic carbocycles. The number of primary amides is 1. The molecular weight excluding hydrogens is 288 g/mol. The third kappa shape index (κ3) is 7.16. The summed E-state index contributed by atoms with van der Waals surface area (Å²) in [5.74, 6) is -1.78. The summed E-state index contributed by atoms with van der Waals surface area (Å²) in [6, 6.07) is -2.56. The maximum atomic E-state index is 12.2. The molecule has 1 radical (unpaired) electrons. The summed E-state index contributed by atoms with van der Waals surface area (Å²) in [7, 11) is 0. The van der Waals surface area contributed by atoms with Crippen LogP contribution in [0.25, 0.3) is 0 Å². The number of carbonyl (C=O) groups is 3. The Kier molecular flexibility index (Phi) is 9.00. The van der Waals surface area contributed by atoms with E-state index in [1.165, 1.54) is 6.92 Å². The molecule has 0 fully saturated rings. The zero-order valence-electron chi connectivity index (χ0n) is 13.2. The van der Waals surface area contributed by atoms with Gasteiger partial charge in [0.25, 0.3) is 0 Å². The first-order chi connectivity index (χ1) is 10.2. The van der Waals surface area contributed by atoms with Crippen molar-refractivity contribution in [3.63, 3.8) is 0 Å². The third-order valence-corrected chi connectivity index (χ3v) is 3.36. The number of nitrogens with one attached hydrogen (secondary N) is 2. The zero-order chi connectivity index (χ0) is 17.3. The lowest BCUT2D eigenvalue weighted by Gasteiger charge is -2.23. The smallest absolute Gasteiger partial charge is 0.243 e. The van der Waals surface area contributed by atoms with Crippen LogP contribution in [0.5, 0.6) is 0 Å². The van der Waals surface area contributed by atoms with Crippen molar-refractivity contribution in [3.8, 4) is 0 Å². The van der Waals surface area contributed by atoms with E-state index >= 15 is 0 Å². The van der Waals surface area contributed by atoms with Gasteiger partial charge in [0.05, 0.1) is 12.1 Å². The van der Waals surface area contributed by atoms with Gasteiger partial charge < -0.3 is 22.1 Å². The maximum absolute atomic E-state index is 12.2. The van der Waals surface area contributed by atoms with Gasteiger partial charge in [0.1, 0.15) is 6.04 Å². The van der Waals surface area contributed by atoms with Crippen molar-refractivity contribution in [2.24, 2.45) is 17.4 Å². The molecule has 0 aliphatic rings. The van der Waals surface area contributed by atoms with Gasteiger partial charge in [-0.1, -0.05) is 20.3 Å². The van der Waals surface area contributed by atoms with Gasteiger partial charge in [-0.15, -0.1) is 0 Å². The highest BCUT2D eigenvalue weighted by Gasteiger charge is 2.26. The van der Waals surface area contributed by atoms with E-state index in [0.29, 0.717) is 6.42 Å². The molecule has 8 nitrogen and oxygen atoms in total. The number of hydrogen-bond acceptors (Lipinski definition) is 5. The Morgan fingerprint density at radius 1 is 1.14 bits per heavy atom. The molecule has 0 saturated carbocycles. The summed E-state index contributed by atoms with van der Waals surface area (Å²) < 4.78 is 0. The Balaban J connectivity index is 4.89. The van der Waals surface area contributed by atoms with Crippen LogP contribution in [0.1, 0.15) is 40.0 Å². The van der Waals surface area contributed by atoms with Crippen molar-refractivity contribution >= 4 is 24.0 Å². The number of hydrogen-bond donors (Lipinski definition) is 4. The fourth-order valence-corrected chi connectivity index (χ4v) is 1.64. The van der Waals surface area contributed by atoms with Crippen molar-refractivity contribution in [1.29, 1.82) is 0 Å². The lowest BCUT2D eigenvalue weighted by molar-refractivity contribution is -0.130. The SMILES string of the molecule is CC[C@H](C)[C@@H]([C]=O)NC(=O)[C@H](CCC(N)=O)NC(=O)[C@H](C)N. The van der Waals surface area contributed by atoms with Gasteiger partial charge in [-0.2, -0.15) is 0 Å². The summed E-state index contributed by atoms with van der Waals surface area (Å²) in [5.41, 5.74) is 10.5. The van der Waals surface area contributed by atoms with E-state index in [-0.39, 0.29) is 18.8 Å². The quantitative estimate of drug-likeness (QED) is 0.397. The Labute approximate surface area is 130 Å². The summed E-state index contributed by atoms with van der Waals surface area (Å²) >= 11 is 0. The highest BCUT2D eigenvalue weighted by molar-refractivity contribution is 5.91. The van der Waals surface area contributed by atoms with Gasteiger partial charge in [-0.3, -0.25) is 19.2 Å². The van der Waals surface area contributed by atoms with Crippen LogP contribution >= 0.6 is 0 Å². The number of rotatable bonds is 10. The Morgan fingerprint density at radius 2 is 1.73 bits per heavy atom. The molecule has 0 unspecified atom stereocenters. The van der Waals surface area contributed by atoms with Crippen LogP contribution in [0.15, 0.2) is 0 Å². The molecule has 22 heavy (non-hydrogen) atoms. The fourth-order valence-electron chi connectivity index (χ4n) is 1.64. The van der Waals surface area contributed by atoms with Gasteiger partial charge in [0.15, 0.2) is 0 Å². The minimum atomic E-state index is -0.981. The number of carbonyl (C=O) groups excluding carboxylic acids is 4. The highest BCUT2D eigenvalue weighted by atomic mass is 16.2. The summed E-state index contributed by atoms with van der Waals surface area (Å²) in [5, 5.41) is 4.96. The molecule has 0 aromatic carbocycles. The molecule has 0 aromatic rings. The van der Waals surface area contributed by atoms with E-state index in [0.717, 1.165) is 0 Å². The predicted octanol–water partition coefficient (Wildman–Crippen LogP) is -1.28. The first kappa shape index (κ1) is 20.0. The van der Waals surface area contributed by atoms with Crippen molar-refractivity contribution in [3.05, 3.63) is 0 Å². The molecule has 0 bridgehead atoms. The van der Waals surface area contributed by atoms with Gasteiger partial charge in [-0.05, 0) is 19.3 Å². The first-order valence-electron chi connectivity index (χ1n) is 7.25. The van der Waals surface area contributed by atoms with Crippen LogP contribution in [0.3, 0.4) is 0 Å². The van der Waals surface area contributed by atoms with E-state index in [4.69, 9.17) is 11.5 Å². The highest BCUT2D eigenvalue weighted by Crippen LogP contribution is 2.07. The number of nitrogens with two attached hydrogens (primary N) is 2. The first-order valence-corrected chi connectivity index (χ1v) is 7.25. The number of amides is 3. The monoisotopic (exact) mass is 313 g/mol. The second-order valence-electron chi connectivity index (χ2n) is 5.34. The Hall–Kier alpha value is -1.96. The molecule has 125 valence electrons. The molecule has 0 spiro atoms. The lowest BCUT2D eigenvalue weighted by Crippen LogP contribution is -2.54. The molecule has 8 heteroatoms. The van der Waals surface area contributed by atoms with Gasteiger partial charge in [0, 0.05) is 6.42 Å². The molecule has 0 heterocycles. The van der Waals surface area contributed by atoms with Crippen LogP contribution in [0.4, 0.5) is 0 Å². The summed E-state index contributed by atoms with van der Waals surface area (Å²) in [6.07, 6.45) is 2.41. The largest absolute Gasteiger partial charge is 0.370 e. The van der Waals surface area contributed by atoms with Gasteiger partial charge in [0.2, 0.25) is 24.0 Å². The third-order valence-electron chi connectivity index (χ3n) is 3.36. The van der Waals surface area contributed by atoms with Crippen molar-refractivity contribution in [1.82, 2.24) is 10.6 Å². The van der Waals surface area contributed by atoms with Crippen LogP contribution in [0, 0.1) is 5.92 Å². The lowest BCUT2D eigenvalue weighted by atomic mass is 9.99. The standard InChI is InChI=1S/C14H25N4O4/c1-4-8(2)11(7-19)18-14(22)10(5-6-12(16)20)17-13(21)9(3)15/h8-11H,4-6,15H2,1-3H3,(H2,16,20)(H,17,21)(H,18,22)/t8-,9-,10-,11+/m0/s1. The van der Waals surface area contributed by atoms with Gasteiger partial charge >= 0.3 is 0 Å². The Bertz CT molecular complexity index is 412.